The van der Waals surface area contributed by atoms with Crippen LogP contribution in [0.25, 0.3) is 0 Å². The maximum Gasteiger partial charge on any atom is 0.180 e. The van der Waals surface area contributed by atoms with Gasteiger partial charge in [0.15, 0.2) is 5.82 Å². The van der Waals surface area contributed by atoms with Crippen molar-refractivity contribution in [3.8, 4) is 11.5 Å². The molecular weight excluding hydrogens is 358 g/mol. The lowest BCUT2D eigenvalue weighted by Crippen LogP contribution is -2.12. The number of nitrogens with one attached hydrogen (secondary N) is 1. The Bertz CT molecular complexity index is 907. The molecule has 0 aliphatic carbocycles. The second-order valence-electron chi connectivity index (χ2n) is 5.86. The van der Waals surface area contributed by atoms with Crippen molar-refractivity contribution in [2.75, 3.05) is 26.4 Å². The minimum atomic E-state index is 0.404. The lowest BCUT2D eigenvalue weighted by Gasteiger charge is -2.10. The Balaban J connectivity index is 1.66. The fraction of sp³-hybridized carbons (Fsp3) is 0.200. The Morgan fingerprint density at radius 3 is 1.86 bits per heavy atom. The molecule has 0 radical (unpaired) electrons. The van der Waals surface area contributed by atoms with Crippen molar-refractivity contribution in [2.45, 2.75) is 0 Å². The Labute approximate surface area is 161 Å². The van der Waals surface area contributed by atoms with Crippen LogP contribution in [0.3, 0.4) is 0 Å². The summed E-state index contributed by atoms with van der Waals surface area (Å²) < 4.78 is 17.1. The minimum Gasteiger partial charge on any atom is -0.489 e. The smallest absolute Gasteiger partial charge is 0.180 e. The number of rotatable bonds is 0. The van der Waals surface area contributed by atoms with Gasteiger partial charge >= 0.3 is 0 Å². The summed E-state index contributed by atoms with van der Waals surface area (Å²) in [5.74, 6) is 1.78. The molecule has 2 heterocycles. The molecule has 0 fully saturated rings. The van der Waals surface area contributed by atoms with Crippen molar-refractivity contribution < 1.29 is 14.2 Å². The SMILES string of the molecule is c1ccc2c(c1)N=Nc1cc[nH]c1N=Nc1ccccc1OCCOCCO2. The second-order valence-corrected chi connectivity index (χ2v) is 5.86. The zero-order valence-electron chi connectivity index (χ0n) is 15.1. The van der Waals surface area contributed by atoms with Crippen LogP contribution in [0.15, 0.2) is 81.3 Å². The average Bonchev–Trinajstić information content (AvgIpc) is 3.18. The molecule has 0 saturated carbocycles. The zero-order valence-corrected chi connectivity index (χ0v) is 15.1. The van der Waals surface area contributed by atoms with Crippen molar-refractivity contribution in [1.82, 2.24) is 4.98 Å². The number of H-pyrrole nitrogens is 1. The summed E-state index contributed by atoms with van der Waals surface area (Å²) in [4.78, 5) is 3.02. The van der Waals surface area contributed by atoms with Gasteiger partial charge in [0.25, 0.3) is 0 Å². The topological polar surface area (TPSA) is 92.9 Å². The summed E-state index contributed by atoms with van der Waals surface area (Å²) in [6.45, 7) is 1.69. The molecule has 3 aromatic rings. The lowest BCUT2D eigenvalue weighted by molar-refractivity contribution is 0.0767. The highest BCUT2D eigenvalue weighted by Gasteiger charge is 2.07. The van der Waals surface area contributed by atoms with Gasteiger partial charge in [-0.15, -0.1) is 20.5 Å². The number of ether oxygens (including phenoxy) is 3. The molecule has 2 aromatic carbocycles. The first kappa shape index (κ1) is 17.9. The Morgan fingerprint density at radius 2 is 1.18 bits per heavy atom. The van der Waals surface area contributed by atoms with Crippen LogP contribution in [0.1, 0.15) is 0 Å². The number of hydrogen-bond donors (Lipinski definition) is 1. The van der Waals surface area contributed by atoms with Crippen LogP contribution in [-0.4, -0.2) is 31.4 Å². The predicted molar refractivity (Wildman–Crippen MR) is 104 cm³/mol. The molecule has 28 heavy (non-hydrogen) atoms. The Hall–Kier alpha value is -3.52. The highest BCUT2D eigenvalue weighted by atomic mass is 16.5. The summed E-state index contributed by atoms with van der Waals surface area (Å²) in [5.41, 5.74) is 1.83. The molecule has 1 aliphatic rings. The number of benzene rings is 2. The molecule has 8 heteroatoms. The van der Waals surface area contributed by atoms with Gasteiger partial charge in [0.05, 0.1) is 13.2 Å². The van der Waals surface area contributed by atoms with Gasteiger partial charge in [-0.05, 0) is 30.3 Å². The molecule has 0 bridgehead atoms. The highest BCUT2D eigenvalue weighted by Crippen LogP contribution is 2.34. The molecule has 0 atom stereocenters. The van der Waals surface area contributed by atoms with Crippen LogP contribution >= 0.6 is 0 Å². The zero-order chi connectivity index (χ0) is 19.0. The number of azo groups is 2. The van der Waals surface area contributed by atoms with E-state index in [1.807, 2.05) is 48.5 Å². The molecule has 1 aliphatic heterocycles. The summed E-state index contributed by atoms with van der Waals surface area (Å²) in [7, 11) is 0. The van der Waals surface area contributed by atoms with Crippen molar-refractivity contribution in [3.63, 3.8) is 0 Å². The summed E-state index contributed by atoms with van der Waals surface area (Å²) in [6, 6.07) is 16.7. The van der Waals surface area contributed by atoms with Gasteiger partial charge in [-0.25, -0.2) is 0 Å². The third-order valence-corrected chi connectivity index (χ3v) is 3.93. The van der Waals surface area contributed by atoms with Crippen LogP contribution in [-0.2, 0) is 4.74 Å². The van der Waals surface area contributed by atoms with Crippen LogP contribution in [0.4, 0.5) is 22.9 Å². The van der Waals surface area contributed by atoms with E-state index in [0.29, 0.717) is 60.8 Å². The minimum absolute atomic E-state index is 0.404. The quantitative estimate of drug-likeness (QED) is 0.550. The first-order valence-electron chi connectivity index (χ1n) is 8.92. The lowest BCUT2D eigenvalue weighted by atomic mass is 10.3. The van der Waals surface area contributed by atoms with E-state index in [1.165, 1.54) is 0 Å². The Morgan fingerprint density at radius 1 is 0.607 bits per heavy atom. The molecule has 8 nitrogen and oxygen atoms in total. The second kappa shape index (κ2) is 8.92. The molecule has 4 rings (SSSR count). The first-order valence-corrected chi connectivity index (χ1v) is 8.92. The van der Waals surface area contributed by atoms with Crippen LogP contribution in [0, 0.1) is 0 Å². The molecule has 1 aromatic heterocycles. The number of aromatic nitrogens is 1. The van der Waals surface area contributed by atoms with E-state index in [4.69, 9.17) is 14.2 Å². The summed E-state index contributed by atoms with van der Waals surface area (Å²) in [5, 5.41) is 17.2. The monoisotopic (exact) mass is 377 g/mol. The molecule has 0 amide bonds. The molecule has 0 spiro atoms. The third kappa shape index (κ3) is 4.41. The highest BCUT2D eigenvalue weighted by molar-refractivity contribution is 5.58. The fourth-order valence-corrected chi connectivity index (χ4v) is 2.57. The Kier molecular flexibility index (Phi) is 5.69. The van der Waals surface area contributed by atoms with Crippen LogP contribution in [0.2, 0.25) is 0 Å². The van der Waals surface area contributed by atoms with Gasteiger partial charge in [0.2, 0.25) is 0 Å². The summed E-state index contributed by atoms with van der Waals surface area (Å²) in [6.07, 6.45) is 1.74. The van der Waals surface area contributed by atoms with Crippen LogP contribution < -0.4 is 9.47 Å². The number of hydrogen-bond acceptors (Lipinski definition) is 7. The van der Waals surface area contributed by atoms with Gasteiger partial charge in [0.1, 0.15) is 41.8 Å². The van der Waals surface area contributed by atoms with Gasteiger partial charge < -0.3 is 19.2 Å². The molecule has 0 unspecified atom stereocenters. The van der Waals surface area contributed by atoms with Crippen LogP contribution in [0.5, 0.6) is 11.5 Å². The van der Waals surface area contributed by atoms with E-state index in [-0.39, 0.29) is 0 Å². The molecule has 142 valence electrons. The van der Waals surface area contributed by atoms with Crippen molar-refractivity contribution >= 4 is 22.9 Å². The fourth-order valence-electron chi connectivity index (χ4n) is 2.57. The number of aromatic amines is 1. The maximum atomic E-state index is 5.77. The van der Waals surface area contributed by atoms with E-state index in [2.05, 4.69) is 25.4 Å². The van der Waals surface area contributed by atoms with Gasteiger partial charge in [0, 0.05) is 6.20 Å². The normalized spacial score (nSPS) is 14.7. The number of para-hydroxylation sites is 2. The molecule has 0 saturated heterocycles. The number of nitrogens with zero attached hydrogens (tertiary/aromatic N) is 4. The molecular formula is C20H19N5O3. The van der Waals surface area contributed by atoms with E-state index < -0.39 is 0 Å². The largest absolute Gasteiger partial charge is 0.489 e. The first-order chi connectivity index (χ1) is 13.9. The van der Waals surface area contributed by atoms with Gasteiger partial charge in [-0.2, -0.15) is 0 Å². The van der Waals surface area contributed by atoms with E-state index in [0.717, 1.165) is 0 Å². The third-order valence-electron chi connectivity index (χ3n) is 3.93. The van der Waals surface area contributed by atoms with E-state index in [1.54, 1.807) is 12.3 Å². The standard InChI is InChI=1S/C20H19N5O3/c1-3-7-18-15(5-1)22-24-17-9-10-21-20(17)25-23-16-6-2-4-8-19(16)28-14-12-26-11-13-27-18/h1-10,21H,11-14H2. The van der Waals surface area contributed by atoms with Crippen molar-refractivity contribution in [2.24, 2.45) is 20.5 Å². The molecule has 1 N–H and O–H groups in total. The van der Waals surface area contributed by atoms with Crippen molar-refractivity contribution in [1.29, 1.82) is 0 Å². The average molecular weight is 377 g/mol. The van der Waals surface area contributed by atoms with Gasteiger partial charge in [-0.1, -0.05) is 24.3 Å². The maximum absolute atomic E-state index is 5.77. The van der Waals surface area contributed by atoms with E-state index in [9.17, 15) is 0 Å². The number of fused-ring (bicyclic) bond motifs is 3. The predicted octanol–water partition coefficient (Wildman–Crippen LogP) is 5.63. The van der Waals surface area contributed by atoms with Crippen molar-refractivity contribution in [3.05, 3.63) is 60.8 Å². The van der Waals surface area contributed by atoms with E-state index >= 15 is 0 Å². The van der Waals surface area contributed by atoms with Gasteiger partial charge in [-0.3, -0.25) is 0 Å². The summed E-state index contributed by atoms with van der Waals surface area (Å²) >= 11 is 0.